The molecule has 2 atom stereocenters. The zero-order chi connectivity index (χ0) is 23.6. The van der Waals surface area contributed by atoms with E-state index in [1.54, 1.807) is 33.3 Å². The number of halogens is 1. The van der Waals surface area contributed by atoms with Crippen molar-refractivity contribution in [2.45, 2.75) is 32.1 Å². The Balaban J connectivity index is 1.77. The zero-order valence-corrected chi connectivity index (χ0v) is 20.3. The number of amides is 1. The van der Waals surface area contributed by atoms with Gasteiger partial charge >= 0.3 is 0 Å². The first-order valence-electron chi connectivity index (χ1n) is 10.3. The maximum atomic E-state index is 13.4. The number of nitrogens with one attached hydrogen (secondary N) is 1. The van der Waals surface area contributed by atoms with Gasteiger partial charge in [0.15, 0.2) is 15.7 Å². The van der Waals surface area contributed by atoms with Crippen LogP contribution < -0.4 is 5.32 Å². The summed E-state index contributed by atoms with van der Waals surface area (Å²) in [6, 6.07) is 5.64. The molecule has 2 heterocycles. The average Bonchev–Trinajstić information content (AvgIpc) is 3.20. The van der Waals surface area contributed by atoms with E-state index < -0.39 is 9.84 Å². The van der Waals surface area contributed by atoms with Crippen LogP contribution in [0.3, 0.4) is 0 Å². The Morgan fingerprint density at radius 1 is 1.31 bits per heavy atom. The monoisotopic (exact) mass is 484 g/mol. The number of likely N-dealkylation sites (N-methyl/N-ethyl adjacent to an activating group) is 1. The molecular weight excluding hydrogens is 455 g/mol. The minimum atomic E-state index is -3.06. The zero-order valence-electron chi connectivity index (χ0n) is 18.7. The van der Waals surface area contributed by atoms with Crippen molar-refractivity contribution in [2.75, 3.05) is 39.2 Å². The molecule has 2 aromatic rings. The van der Waals surface area contributed by atoms with Gasteiger partial charge in [-0.2, -0.15) is 5.10 Å². The quantitative estimate of drug-likeness (QED) is 0.566. The lowest BCUT2D eigenvalue weighted by Gasteiger charge is -2.19. The van der Waals surface area contributed by atoms with Crippen molar-refractivity contribution in [1.29, 1.82) is 0 Å². The van der Waals surface area contributed by atoms with Gasteiger partial charge in [0.1, 0.15) is 5.82 Å². The molecule has 0 bridgehead atoms. The number of rotatable bonds is 8. The van der Waals surface area contributed by atoms with Gasteiger partial charge in [0.2, 0.25) is 10.7 Å². The molecule has 1 amide bonds. The number of benzene rings is 1. The summed E-state index contributed by atoms with van der Waals surface area (Å²) in [4.78, 5) is 16.1. The molecule has 0 radical (unpaired) electrons. The molecule has 12 heteroatoms. The van der Waals surface area contributed by atoms with Crippen LogP contribution >= 0.6 is 12.2 Å². The van der Waals surface area contributed by atoms with Gasteiger partial charge in [-0.15, -0.1) is 0 Å². The second-order valence-electron chi connectivity index (χ2n) is 8.41. The van der Waals surface area contributed by atoms with E-state index in [0.717, 1.165) is 0 Å². The minimum Gasteiger partial charge on any atom is -0.351 e. The predicted octanol–water partition coefficient (Wildman–Crippen LogP) is 1.36. The Hall–Kier alpha value is -2.15. The Kier molecular flexibility index (Phi) is 7.48. The molecule has 1 aliphatic heterocycles. The third-order valence-corrected chi connectivity index (χ3v) is 7.65. The first-order chi connectivity index (χ1) is 15.0. The van der Waals surface area contributed by atoms with Crippen LogP contribution in [0.2, 0.25) is 0 Å². The molecule has 1 saturated heterocycles. The van der Waals surface area contributed by atoms with Crippen molar-refractivity contribution in [1.82, 2.24) is 29.5 Å². The first-order valence-corrected chi connectivity index (χ1v) is 12.5. The van der Waals surface area contributed by atoms with Gasteiger partial charge < -0.3 is 5.32 Å². The molecule has 32 heavy (non-hydrogen) atoms. The lowest BCUT2D eigenvalue weighted by molar-refractivity contribution is -0.122. The van der Waals surface area contributed by atoms with Crippen LogP contribution in [0.25, 0.3) is 5.69 Å². The van der Waals surface area contributed by atoms with Crippen molar-refractivity contribution < 1.29 is 17.6 Å². The number of aromatic nitrogens is 3. The maximum Gasteiger partial charge on any atom is 0.234 e. The molecule has 1 aromatic carbocycles. The topological polar surface area (TPSA) is 92.5 Å². The van der Waals surface area contributed by atoms with Gasteiger partial charge in [0.25, 0.3) is 0 Å². The lowest BCUT2D eigenvalue weighted by atomic mass is 10.2. The summed E-state index contributed by atoms with van der Waals surface area (Å²) in [5, 5.41) is 7.47. The Bertz CT molecular complexity index is 1130. The van der Waals surface area contributed by atoms with E-state index in [1.165, 1.54) is 12.1 Å². The number of hydrogen-bond donors (Lipinski definition) is 1. The molecular formula is C20H29FN6O3S2. The predicted molar refractivity (Wildman–Crippen MR) is 122 cm³/mol. The molecule has 1 fully saturated rings. The molecule has 0 spiro atoms. The van der Waals surface area contributed by atoms with Crippen LogP contribution in [0.15, 0.2) is 24.3 Å². The summed E-state index contributed by atoms with van der Waals surface area (Å²) < 4.78 is 40.5. The highest BCUT2D eigenvalue weighted by Gasteiger charge is 2.29. The van der Waals surface area contributed by atoms with Crippen molar-refractivity contribution in [3.63, 3.8) is 0 Å². The summed E-state index contributed by atoms with van der Waals surface area (Å²) in [7, 11) is 2.57. The fourth-order valence-electron chi connectivity index (χ4n) is 3.56. The van der Waals surface area contributed by atoms with Crippen LogP contribution in [-0.4, -0.2) is 83.7 Å². The molecule has 2 unspecified atom stereocenters. The molecule has 9 nitrogen and oxygen atoms in total. The highest BCUT2D eigenvalue weighted by atomic mass is 32.2. The van der Waals surface area contributed by atoms with Gasteiger partial charge in [0, 0.05) is 11.7 Å². The number of hydrogen-bond acceptors (Lipinski definition) is 7. The van der Waals surface area contributed by atoms with Crippen LogP contribution in [0.5, 0.6) is 0 Å². The van der Waals surface area contributed by atoms with Crippen molar-refractivity contribution in [3.05, 3.63) is 40.7 Å². The van der Waals surface area contributed by atoms with Crippen LogP contribution in [0.4, 0.5) is 4.39 Å². The largest absolute Gasteiger partial charge is 0.351 e. The number of nitrogens with zero attached hydrogens (tertiary/aromatic N) is 5. The third kappa shape index (κ3) is 5.80. The fourth-order valence-corrected chi connectivity index (χ4v) is 5.53. The third-order valence-electron chi connectivity index (χ3n) is 5.48. The fraction of sp³-hybridized carbons (Fsp3) is 0.550. The van der Waals surface area contributed by atoms with Crippen LogP contribution in [0, 0.1) is 10.6 Å². The smallest absolute Gasteiger partial charge is 0.234 e. The van der Waals surface area contributed by atoms with Gasteiger partial charge in [-0.05, 0) is 71.0 Å². The SMILES string of the molecule is CC(c1nn(CN(C)CC(=O)NC2CCS(=O)(=O)C2)c(=S)n1-c1ccc(F)cc1)N(C)C. The second-order valence-corrected chi connectivity index (χ2v) is 11.0. The highest BCUT2D eigenvalue weighted by Crippen LogP contribution is 2.21. The molecule has 1 aromatic heterocycles. The van der Waals surface area contributed by atoms with Crippen molar-refractivity contribution >= 4 is 28.0 Å². The van der Waals surface area contributed by atoms with Crippen LogP contribution in [-0.2, 0) is 21.3 Å². The summed E-state index contributed by atoms with van der Waals surface area (Å²) in [6.45, 7) is 2.32. The summed E-state index contributed by atoms with van der Waals surface area (Å²) in [6.07, 6.45) is 0.441. The molecule has 3 rings (SSSR count). The standard InChI is InChI=1S/C20H29FN6O3S2/c1-14(24(2)3)19-23-26(20(31)27(19)17-7-5-15(21)6-8-17)13-25(4)11-18(28)22-16-9-10-32(29,30)12-16/h5-8,14,16H,9-13H2,1-4H3,(H,22,28). The van der Waals surface area contributed by atoms with Gasteiger partial charge in [0.05, 0.1) is 30.8 Å². The van der Waals surface area contributed by atoms with Crippen LogP contribution in [0.1, 0.15) is 25.2 Å². The lowest BCUT2D eigenvalue weighted by Crippen LogP contribution is -2.42. The number of carbonyl (C=O) groups is 1. The average molecular weight is 485 g/mol. The maximum absolute atomic E-state index is 13.4. The summed E-state index contributed by atoms with van der Waals surface area (Å²) in [5.41, 5.74) is 0.703. The van der Waals surface area contributed by atoms with Crippen molar-refractivity contribution in [2.24, 2.45) is 0 Å². The summed E-state index contributed by atoms with van der Waals surface area (Å²) >= 11 is 5.66. The molecule has 0 aliphatic carbocycles. The Labute approximate surface area is 192 Å². The summed E-state index contributed by atoms with van der Waals surface area (Å²) in [5.74, 6) is 0.204. The number of sulfone groups is 1. The van der Waals surface area contributed by atoms with E-state index in [2.05, 4.69) is 10.4 Å². The van der Waals surface area contributed by atoms with Gasteiger partial charge in [-0.1, -0.05) is 0 Å². The minimum absolute atomic E-state index is 0.0125. The van der Waals surface area contributed by atoms with E-state index in [4.69, 9.17) is 12.2 Å². The second kappa shape index (κ2) is 9.77. The molecule has 1 aliphatic rings. The Morgan fingerprint density at radius 2 is 1.97 bits per heavy atom. The van der Waals surface area contributed by atoms with Gasteiger partial charge in [-0.25, -0.2) is 17.5 Å². The molecule has 1 N–H and O–H groups in total. The number of carbonyl (C=O) groups excluding carboxylic acids is 1. The van der Waals surface area contributed by atoms with E-state index in [0.29, 0.717) is 22.7 Å². The molecule has 176 valence electrons. The first kappa shape index (κ1) is 24.5. The highest BCUT2D eigenvalue weighted by molar-refractivity contribution is 7.91. The van der Waals surface area contributed by atoms with Gasteiger partial charge in [-0.3, -0.25) is 19.2 Å². The van der Waals surface area contributed by atoms with E-state index >= 15 is 0 Å². The Morgan fingerprint density at radius 3 is 2.53 bits per heavy atom. The van der Waals surface area contributed by atoms with Crippen molar-refractivity contribution in [3.8, 4) is 5.69 Å². The molecule has 0 saturated carbocycles. The normalized spacial score (nSPS) is 18.9. The van der Waals surface area contributed by atoms with E-state index in [-0.39, 0.29) is 48.5 Å². The van der Waals surface area contributed by atoms with E-state index in [1.807, 2.05) is 25.9 Å². The van der Waals surface area contributed by atoms with E-state index in [9.17, 15) is 17.6 Å².